The molecule has 0 spiro atoms. The summed E-state index contributed by atoms with van der Waals surface area (Å²) in [5, 5.41) is 7.33. The molecule has 2 heterocycles. The Balaban J connectivity index is 1.91. The summed E-state index contributed by atoms with van der Waals surface area (Å²) in [5.74, 6) is 2.18. The maximum atomic E-state index is 5.27. The lowest BCUT2D eigenvalue weighted by Crippen LogP contribution is -2.28. The minimum absolute atomic E-state index is 0.696. The molecule has 2 rings (SSSR count). The fraction of sp³-hybridized carbons (Fsp3) is 0.818. The highest BCUT2D eigenvalue weighted by Crippen LogP contribution is 2.18. The zero-order valence-corrected chi connectivity index (χ0v) is 10.1. The quantitative estimate of drug-likeness (QED) is 0.829. The number of hydrogen-bond acceptors (Lipinski definition) is 5. The van der Waals surface area contributed by atoms with E-state index in [0.29, 0.717) is 11.9 Å². The van der Waals surface area contributed by atoms with Crippen LogP contribution in [0.1, 0.15) is 25.7 Å². The fourth-order valence-corrected chi connectivity index (χ4v) is 1.96. The van der Waals surface area contributed by atoms with Crippen molar-refractivity contribution in [1.29, 1.82) is 0 Å². The average Bonchev–Trinajstić information content (AvgIpc) is 2.78. The molecule has 1 aromatic rings. The smallest absolute Gasteiger partial charge is 0.265 e. The van der Waals surface area contributed by atoms with Crippen LogP contribution in [-0.4, -0.2) is 36.8 Å². The van der Waals surface area contributed by atoms with Crippen LogP contribution in [0, 0.1) is 5.92 Å². The Morgan fingerprint density at radius 2 is 2.19 bits per heavy atom. The molecule has 0 unspecified atom stereocenters. The van der Waals surface area contributed by atoms with Crippen molar-refractivity contribution in [3.63, 3.8) is 0 Å². The first-order valence-electron chi connectivity index (χ1n) is 6.04. The van der Waals surface area contributed by atoms with Crippen LogP contribution >= 0.6 is 0 Å². The Kier molecular flexibility index (Phi) is 3.77. The van der Waals surface area contributed by atoms with Gasteiger partial charge in [-0.15, -0.1) is 0 Å². The van der Waals surface area contributed by atoms with Crippen LogP contribution in [0.4, 0.5) is 5.95 Å². The van der Waals surface area contributed by atoms with Crippen LogP contribution in [-0.2, 0) is 6.42 Å². The maximum absolute atomic E-state index is 5.27. The normalized spacial score (nSPS) is 17.6. The minimum atomic E-state index is 0.696. The highest BCUT2D eigenvalue weighted by molar-refractivity contribution is 5.25. The molecular formula is C11H20N4O. The molecule has 0 atom stereocenters. The van der Waals surface area contributed by atoms with Crippen molar-refractivity contribution in [1.82, 2.24) is 15.5 Å². The Morgan fingerprint density at radius 3 is 2.88 bits per heavy atom. The van der Waals surface area contributed by atoms with E-state index in [4.69, 9.17) is 4.52 Å². The van der Waals surface area contributed by atoms with Gasteiger partial charge in [0, 0.05) is 20.0 Å². The Bertz CT molecular complexity index is 320. The van der Waals surface area contributed by atoms with Crippen LogP contribution in [0.15, 0.2) is 4.52 Å². The molecule has 1 aromatic heterocycles. The summed E-state index contributed by atoms with van der Waals surface area (Å²) in [6, 6.07) is 0. The van der Waals surface area contributed by atoms with Crippen molar-refractivity contribution in [2.45, 2.75) is 26.2 Å². The Morgan fingerprint density at radius 1 is 1.44 bits per heavy atom. The van der Waals surface area contributed by atoms with Gasteiger partial charge in [-0.25, -0.2) is 0 Å². The predicted octanol–water partition coefficient (Wildman–Crippen LogP) is 1.07. The van der Waals surface area contributed by atoms with Crippen LogP contribution in [0.2, 0.25) is 0 Å². The fourth-order valence-electron chi connectivity index (χ4n) is 1.96. The van der Waals surface area contributed by atoms with E-state index in [1.165, 1.54) is 12.8 Å². The summed E-state index contributed by atoms with van der Waals surface area (Å²) in [4.78, 5) is 6.38. The zero-order valence-electron chi connectivity index (χ0n) is 10.1. The summed E-state index contributed by atoms with van der Waals surface area (Å²) >= 11 is 0. The van der Waals surface area contributed by atoms with Crippen LogP contribution in [0.5, 0.6) is 0 Å². The van der Waals surface area contributed by atoms with Gasteiger partial charge in [0.2, 0.25) is 5.89 Å². The van der Waals surface area contributed by atoms with E-state index in [1.807, 2.05) is 11.9 Å². The van der Waals surface area contributed by atoms with E-state index in [0.717, 1.165) is 31.9 Å². The molecule has 0 radical (unpaired) electrons. The predicted molar refractivity (Wildman–Crippen MR) is 62.5 cm³/mol. The van der Waals surface area contributed by atoms with E-state index in [2.05, 4.69) is 22.4 Å². The van der Waals surface area contributed by atoms with E-state index in [-0.39, 0.29) is 0 Å². The third-order valence-corrected chi connectivity index (χ3v) is 3.20. The Labute approximate surface area is 96.2 Å². The second-order valence-electron chi connectivity index (χ2n) is 4.40. The SMILES string of the molecule is CCN(C)c1noc(CC2CCNCC2)n1. The van der Waals surface area contributed by atoms with Crippen molar-refractivity contribution < 1.29 is 4.52 Å². The highest BCUT2D eigenvalue weighted by atomic mass is 16.5. The molecular weight excluding hydrogens is 204 g/mol. The topological polar surface area (TPSA) is 54.2 Å². The van der Waals surface area contributed by atoms with Crippen molar-refractivity contribution in [2.75, 3.05) is 31.6 Å². The van der Waals surface area contributed by atoms with Gasteiger partial charge in [0.05, 0.1) is 0 Å². The van der Waals surface area contributed by atoms with Crippen molar-refractivity contribution in [3.8, 4) is 0 Å². The molecule has 5 heteroatoms. The van der Waals surface area contributed by atoms with Gasteiger partial charge < -0.3 is 14.7 Å². The molecule has 0 saturated carbocycles. The maximum Gasteiger partial charge on any atom is 0.265 e. The monoisotopic (exact) mass is 224 g/mol. The van der Waals surface area contributed by atoms with Gasteiger partial charge in [-0.1, -0.05) is 0 Å². The van der Waals surface area contributed by atoms with Gasteiger partial charge in [-0.2, -0.15) is 4.98 Å². The van der Waals surface area contributed by atoms with Crippen molar-refractivity contribution in [3.05, 3.63) is 5.89 Å². The average molecular weight is 224 g/mol. The number of aromatic nitrogens is 2. The lowest BCUT2D eigenvalue weighted by molar-refractivity contribution is 0.313. The third kappa shape index (κ3) is 2.72. The number of nitrogens with zero attached hydrogens (tertiary/aromatic N) is 3. The molecule has 1 fully saturated rings. The number of hydrogen-bond donors (Lipinski definition) is 1. The van der Waals surface area contributed by atoms with Gasteiger partial charge in [0.1, 0.15) is 0 Å². The minimum Gasteiger partial charge on any atom is -0.342 e. The molecule has 16 heavy (non-hydrogen) atoms. The number of piperidine rings is 1. The molecule has 5 nitrogen and oxygen atoms in total. The molecule has 1 saturated heterocycles. The highest BCUT2D eigenvalue weighted by Gasteiger charge is 2.17. The lowest BCUT2D eigenvalue weighted by atomic mass is 9.95. The molecule has 0 aliphatic carbocycles. The first-order chi connectivity index (χ1) is 7.79. The molecule has 1 aliphatic heterocycles. The summed E-state index contributed by atoms with van der Waals surface area (Å²) in [6.45, 7) is 5.19. The summed E-state index contributed by atoms with van der Waals surface area (Å²) in [5.41, 5.74) is 0. The van der Waals surface area contributed by atoms with Crippen molar-refractivity contribution >= 4 is 5.95 Å². The number of nitrogens with one attached hydrogen (secondary N) is 1. The zero-order chi connectivity index (χ0) is 11.4. The third-order valence-electron chi connectivity index (χ3n) is 3.20. The largest absolute Gasteiger partial charge is 0.342 e. The van der Waals surface area contributed by atoms with Crippen LogP contribution in [0.25, 0.3) is 0 Å². The van der Waals surface area contributed by atoms with E-state index in [1.54, 1.807) is 0 Å². The van der Waals surface area contributed by atoms with Crippen molar-refractivity contribution in [2.24, 2.45) is 5.92 Å². The molecule has 0 amide bonds. The summed E-state index contributed by atoms with van der Waals surface area (Å²) in [7, 11) is 1.97. The first-order valence-corrected chi connectivity index (χ1v) is 6.04. The van der Waals surface area contributed by atoms with E-state index < -0.39 is 0 Å². The standard InChI is InChI=1S/C11H20N4O/c1-3-15(2)11-13-10(16-14-11)8-9-4-6-12-7-5-9/h9,12H,3-8H2,1-2H3. The molecule has 0 aromatic carbocycles. The van der Waals surface area contributed by atoms with Gasteiger partial charge in [-0.05, 0) is 43.9 Å². The first kappa shape index (κ1) is 11.4. The second-order valence-corrected chi connectivity index (χ2v) is 4.40. The van der Waals surface area contributed by atoms with Gasteiger partial charge in [0.25, 0.3) is 5.95 Å². The van der Waals surface area contributed by atoms with E-state index in [9.17, 15) is 0 Å². The summed E-state index contributed by atoms with van der Waals surface area (Å²) < 4.78 is 5.27. The molecule has 1 N–H and O–H groups in total. The lowest BCUT2D eigenvalue weighted by Gasteiger charge is -2.20. The summed E-state index contributed by atoms with van der Waals surface area (Å²) in [6.07, 6.45) is 3.34. The molecule has 90 valence electrons. The van der Waals surface area contributed by atoms with Gasteiger partial charge >= 0.3 is 0 Å². The van der Waals surface area contributed by atoms with Gasteiger partial charge in [0.15, 0.2) is 0 Å². The van der Waals surface area contributed by atoms with E-state index >= 15 is 0 Å². The van der Waals surface area contributed by atoms with Crippen LogP contribution in [0.3, 0.4) is 0 Å². The second kappa shape index (κ2) is 5.30. The Hall–Kier alpha value is -1.10. The molecule has 0 bridgehead atoms. The molecule has 1 aliphatic rings. The van der Waals surface area contributed by atoms with Crippen LogP contribution < -0.4 is 10.2 Å². The number of rotatable bonds is 4. The van der Waals surface area contributed by atoms with Gasteiger partial charge in [-0.3, -0.25) is 0 Å². The number of anilines is 1.